The number of amides is 1. The predicted octanol–water partition coefficient (Wildman–Crippen LogP) is 4.58. The third-order valence-corrected chi connectivity index (χ3v) is 6.23. The smallest absolute Gasteiger partial charge is 0.403 e. The highest BCUT2D eigenvalue weighted by Crippen LogP contribution is 2.43. The lowest BCUT2D eigenvalue weighted by Crippen LogP contribution is -2.49. The summed E-state index contributed by atoms with van der Waals surface area (Å²) < 4.78 is 12.2. The van der Waals surface area contributed by atoms with Crippen molar-refractivity contribution in [2.24, 2.45) is 11.3 Å². The van der Waals surface area contributed by atoms with Crippen LogP contribution in [0.1, 0.15) is 87.5 Å². The largest absolute Gasteiger partial charge is 0.457 e. The second kappa shape index (κ2) is 6.88. The maximum Gasteiger partial charge on any atom is 0.457 e. The Hall–Kier alpha value is -0.545. The van der Waals surface area contributed by atoms with Crippen LogP contribution in [0, 0.1) is 11.3 Å². The van der Waals surface area contributed by atoms with Crippen molar-refractivity contribution in [3.05, 3.63) is 0 Å². The maximum atomic E-state index is 12.8. The summed E-state index contributed by atoms with van der Waals surface area (Å²) >= 11 is 0. The fraction of sp³-hybridized carbons (Fsp3) is 0.950. The molecule has 0 bridgehead atoms. The molecule has 0 aromatic carbocycles. The summed E-state index contributed by atoms with van der Waals surface area (Å²) in [6.45, 7) is 16.7. The Morgan fingerprint density at radius 2 is 1.68 bits per heavy atom. The topological polar surface area (TPSA) is 47.6 Å². The Morgan fingerprint density at radius 1 is 1.12 bits per heavy atom. The number of hydrogen-bond acceptors (Lipinski definition) is 3. The lowest BCUT2D eigenvalue weighted by Gasteiger charge is -2.39. The van der Waals surface area contributed by atoms with Crippen molar-refractivity contribution in [1.29, 1.82) is 0 Å². The van der Waals surface area contributed by atoms with Crippen LogP contribution in [0.25, 0.3) is 0 Å². The van der Waals surface area contributed by atoms with E-state index in [1.165, 1.54) is 6.42 Å². The molecule has 1 aliphatic carbocycles. The first-order chi connectivity index (χ1) is 11.2. The Morgan fingerprint density at radius 3 is 2.20 bits per heavy atom. The molecular weight excluding hydrogens is 313 g/mol. The highest BCUT2D eigenvalue weighted by molar-refractivity contribution is 6.45. The average molecular weight is 351 g/mol. The van der Waals surface area contributed by atoms with Gasteiger partial charge in [-0.25, -0.2) is 0 Å². The van der Waals surface area contributed by atoms with Crippen molar-refractivity contribution >= 4 is 13.0 Å². The zero-order valence-corrected chi connectivity index (χ0v) is 17.6. The van der Waals surface area contributed by atoms with Gasteiger partial charge in [-0.2, -0.15) is 0 Å². The van der Waals surface area contributed by atoms with Crippen LogP contribution in [-0.2, 0) is 14.1 Å². The predicted molar refractivity (Wildman–Crippen MR) is 103 cm³/mol. The van der Waals surface area contributed by atoms with Crippen molar-refractivity contribution < 1.29 is 14.1 Å². The lowest BCUT2D eigenvalue weighted by atomic mass is 9.67. The molecule has 1 saturated heterocycles. The summed E-state index contributed by atoms with van der Waals surface area (Å²) in [4.78, 5) is 12.8. The quantitative estimate of drug-likeness (QED) is 0.754. The van der Waals surface area contributed by atoms with Gasteiger partial charge in [0.1, 0.15) is 0 Å². The molecule has 1 amide bonds. The van der Waals surface area contributed by atoms with Gasteiger partial charge in [0, 0.05) is 11.0 Å². The van der Waals surface area contributed by atoms with Crippen LogP contribution in [0.15, 0.2) is 0 Å². The van der Waals surface area contributed by atoms with Crippen LogP contribution < -0.4 is 5.32 Å². The summed E-state index contributed by atoms with van der Waals surface area (Å²) in [7, 11) is -0.124. The van der Waals surface area contributed by atoms with Crippen LogP contribution in [0.2, 0.25) is 6.32 Å². The molecule has 144 valence electrons. The zero-order valence-electron chi connectivity index (χ0n) is 17.6. The molecule has 1 aliphatic heterocycles. The number of carbonyl (C=O) groups is 1. The van der Waals surface area contributed by atoms with E-state index in [1.807, 2.05) is 20.8 Å². The second-order valence-electron chi connectivity index (χ2n) is 10.5. The van der Waals surface area contributed by atoms with Gasteiger partial charge >= 0.3 is 7.12 Å². The molecular formula is C20H38BNO3. The van der Waals surface area contributed by atoms with Crippen LogP contribution in [-0.4, -0.2) is 29.8 Å². The Kier molecular flexibility index (Phi) is 5.72. The molecule has 0 unspecified atom stereocenters. The molecule has 2 atom stereocenters. The van der Waals surface area contributed by atoms with Crippen LogP contribution in [0.4, 0.5) is 0 Å². The molecule has 1 saturated carbocycles. The number of nitrogens with one attached hydrogen (secondary N) is 1. The van der Waals surface area contributed by atoms with Crippen molar-refractivity contribution in [3.63, 3.8) is 0 Å². The fourth-order valence-electron chi connectivity index (χ4n) is 4.02. The maximum absolute atomic E-state index is 12.8. The first-order valence-corrected chi connectivity index (χ1v) is 9.92. The molecule has 0 radical (unpaired) electrons. The summed E-state index contributed by atoms with van der Waals surface area (Å²) in [6, 6.07) is 0. The molecule has 0 aromatic heterocycles. The van der Waals surface area contributed by atoms with Gasteiger partial charge in [0.25, 0.3) is 0 Å². The van der Waals surface area contributed by atoms with E-state index < -0.39 is 0 Å². The average Bonchev–Trinajstić information content (AvgIpc) is 2.63. The third kappa shape index (κ3) is 5.00. The second-order valence-corrected chi connectivity index (χ2v) is 10.5. The van der Waals surface area contributed by atoms with Crippen LogP contribution in [0.5, 0.6) is 0 Å². The van der Waals surface area contributed by atoms with Gasteiger partial charge in [-0.1, -0.05) is 26.2 Å². The normalized spacial score (nSPS) is 31.8. The number of hydrogen-bond donors (Lipinski definition) is 1. The van der Waals surface area contributed by atoms with Gasteiger partial charge in [0.2, 0.25) is 5.91 Å². The third-order valence-electron chi connectivity index (χ3n) is 6.23. The molecule has 5 heteroatoms. The number of carbonyl (C=O) groups excluding carboxylic acids is 1. The molecule has 2 aliphatic rings. The Labute approximate surface area is 154 Å². The van der Waals surface area contributed by atoms with E-state index in [0.717, 1.165) is 32.0 Å². The van der Waals surface area contributed by atoms with E-state index in [2.05, 4.69) is 39.9 Å². The van der Waals surface area contributed by atoms with E-state index in [4.69, 9.17) is 9.31 Å². The van der Waals surface area contributed by atoms with E-state index in [0.29, 0.717) is 5.92 Å². The highest BCUT2D eigenvalue weighted by Gasteiger charge is 2.51. The van der Waals surface area contributed by atoms with E-state index in [-0.39, 0.29) is 35.2 Å². The zero-order chi connectivity index (χ0) is 19.1. The van der Waals surface area contributed by atoms with Gasteiger partial charge in [0.05, 0.1) is 11.2 Å². The molecule has 1 heterocycles. The molecule has 25 heavy (non-hydrogen) atoms. The van der Waals surface area contributed by atoms with Crippen LogP contribution >= 0.6 is 0 Å². The van der Waals surface area contributed by atoms with Crippen molar-refractivity contribution in [3.8, 4) is 0 Å². The molecule has 1 N–H and O–H groups in total. The van der Waals surface area contributed by atoms with Crippen molar-refractivity contribution in [2.75, 3.05) is 0 Å². The lowest BCUT2D eigenvalue weighted by molar-refractivity contribution is -0.134. The van der Waals surface area contributed by atoms with Crippen molar-refractivity contribution in [2.45, 2.75) is 111 Å². The first kappa shape index (κ1) is 20.8. The summed E-state index contributed by atoms with van der Waals surface area (Å²) in [5.74, 6) is 0.781. The minimum absolute atomic E-state index is 0.124. The minimum Gasteiger partial charge on any atom is -0.403 e. The SMILES string of the molecule is CC(C)(C)NC(=O)[C@]1(C)CCC[C@@H](CCB2OC(C)(C)C(C)(C)O2)C1. The molecule has 0 spiro atoms. The molecule has 2 rings (SSSR count). The monoisotopic (exact) mass is 351 g/mol. The van der Waals surface area contributed by atoms with E-state index in [1.54, 1.807) is 0 Å². The van der Waals surface area contributed by atoms with Gasteiger partial charge in [-0.05, 0) is 73.5 Å². The highest BCUT2D eigenvalue weighted by atomic mass is 16.7. The standard InChI is InChI=1S/C20H38BNO3/c1-17(2,3)22-16(23)20(8)12-9-10-15(14-20)11-13-21-24-18(4,5)19(6,7)25-21/h15H,9-14H2,1-8H3,(H,22,23)/t15-,20+/m0/s1. The summed E-state index contributed by atoms with van der Waals surface area (Å²) in [5, 5.41) is 3.18. The van der Waals surface area contributed by atoms with Gasteiger partial charge in [-0.3, -0.25) is 4.79 Å². The van der Waals surface area contributed by atoms with E-state index in [9.17, 15) is 4.79 Å². The Bertz CT molecular complexity index is 482. The number of rotatable bonds is 4. The molecule has 2 fully saturated rings. The first-order valence-electron chi connectivity index (χ1n) is 9.92. The minimum atomic E-state index is -0.259. The fourth-order valence-corrected chi connectivity index (χ4v) is 4.02. The Balaban J connectivity index is 1.89. The molecule has 0 aromatic rings. The molecule has 4 nitrogen and oxygen atoms in total. The summed E-state index contributed by atoms with van der Waals surface area (Å²) in [5.41, 5.74) is -0.932. The van der Waals surface area contributed by atoms with Crippen LogP contribution in [0.3, 0.4) is 0 Å². The van der Waals surface area contributed by atoms with Gasteiger partial charge < -0.3 is 14.6 Å². The van der Waals surface area contributed by atoms with E-state index >= 15 is 0 Å². The van der Waals surface area contributed by atoms with Crippen molar-refractivity contribution in [1.82, 2.24) is 5.32 Å². The van der Waals surface area contributed by atoms with Gasteiger partial charge in [0.15, 0.2) is 0 Å². The van der Waals surface area contributed by atoms with Gasteiger partial charge in [-0.15, -0.1) is 0 Å². The summed E-state index contributed by atoms with van der Waals surface area (Å²) in [6.07, 6.45) is 6.26.